The molecule has 0 saturated heterocycles. The Hall–Kier alpha value is -1.75. The smallest absolute Gasteiger partial charge is 0.149 e. The predicted octanol–water partition coefficient (Wildman–Crippen LogP) is 3.06. The van der Waals surface area contributed by atoms with Gasteiger partial charge in [-0.15, -0.1) is 0 Å². The van der Waals surface area contributed by atoms with Crippen molar-refractivity contribution in [1.29, 1.82) is 0 Å². The lowest BCUT2D eigenvalue weighted by Gasteiger charge is -2.10. The molecule has 4 nitrogen and oxygen atoms in total. The molecular weight excluding hydrogens is 280 g/mol. The number of rotatable bonds is 2. The SMILES string of the molecule is Cc1c(Br)cccc1Nc1ccc(N)c(N)n1. The van der Waals surface area contributed by atoms with E-state index in [2.05, 4.69) is 26.2 Å². The van der Waals surface area contributed by atoms with Crippen molar-refractivity contribution in [2.24, 2.45) is 0 Å². The Morgan fingerprint density at radius 3 is 2.65 bits per heavy atom. The number of hydrogen-bond donors (Lipinski definition) is 3. The maximum Gasteiger partial charge on any atom is 0.149 e. The molecule has 0 atom stereocenters. The van der Waals surface area contributed by atoms with Crippen molar-refractivity contribution in [1.82, 2.24) is 4.98 Å². The summed E-state index contributed by atoms with van der Waals surface area (Å²) in [5.74, 6) is 1.01. The Morgan fingerprint density at radius 1 is 1.18 bits per heavy atom. The van der Waals surface area contributed by atoms with Gasteiger partial charge in [-0.25, -0.2) is 4.98 Å². The summed E-state index contributed by atoms with van der Waals surface area (Å²) in [7, 11) is 0. The van der Waals surface area contributed by atoms with E-state index in [4.69, 9.17) is 11.5 Å². The van der Waals surface area contributed by atoms with Crippen LogP contribution in [0.15, 0.2) is 34.8 Å². The van der Waals surface area contributed by atoms with Crippen LogP contribution in [0.25, 0.3) is 0 Å². The van der Waals surface area contributed by atoms with E-state index in [1.807, 2.05) is 25.1 Å². The first kappa shape index (κ1) is 11.7. The number of hydrogen-bond acceptors (Lipinski definition) is 4. The van der Waals surface area contributed by atoms with Crippen LogP contribution in [-0.4, -0.2) is 4.98 Å². The Labute approximate surface area is 108 Å². The number of halogens is 1. The van der Waals surface area contributed by atoms with E-state index in [1.165, 1.54) is 0 Å². The molecule has 0 unspecified atom stereocenters. The Balaban J connectivity index is 2.31. The fourth-order valence-electron chi connectivity index (χ4n) is 1.44. The highest BCUT2D eigenvalue weighted by atomic mass is 79.9. The number of aromatic nitrogens is 1. The van der Waals surface area contributed by atoms with Gasteiger partial charge in [0.15, 0.2) is 0 Å². The molecule has 0 bridgehead atoms. The van der Waals surface area contributed by atoms with Crippen molar-refractivity contribution in [3.63, 3.8) is 0 Å². The van der Waals surface area contributed by atoms with E-state index >= 15 is 0 Å². The molecule has 2 rings (SSSR count). The van der Waals surface area contributed by atoms with E-state index in [0.717, 1.165) is 15.7 Å². The van der Waals surface area contributed by atoms with E-state index in [0.29, 0.717) is 17.3 Å². The first-order valence-corrected chi connectivity index (χ1v) is 5.91. The van der Waals surface area contributed by atoms with Gasteiger partial charge in [0.05, 0.1) is 5.69 Å². The van der Waals surface area contributed by atoms with Crippen LogP contribution >= 0.6 is 15.9 Å². The Kier molecular flexibility index (Phi) is 3.19. The van der Waals surface area contributed by atoms with Crippen molar-refractivity contribution < 1.29 is 0 Å². The molecule has 5 heteroatoms. The lowest BCUT2D eigenvalue weighted by atomic mass is 10.2. The molecule has 0 saturated carbocycles. The number of nitrogen functional groups attached to an aromatic ring is 2. The number of pyridine rings is 1. The third-order valence-electron chi connectivity index (χ3n) is 2.49. The summed E-state index contributed by atoms with van der Waals surface area (Å²) in [6.45, 7) is 2.02. The average Bonchev–Trinajstić information content (AvgIpc) is 2.30. The standard InChI is InChI=1S/C12H13BrN4/c1-7-8(13)3-2-4-10(7)16-11-6-5-9(14)12(15)17-11/h2-6H,14H2,1H3,(H3,15,16,17). The minimum atomic E-state index is 0.336. The molecule has 1 aromatic heterocycles. The van der Waals surface area contributed by atoms with Gasteiger partial charge >= 0.3 is 0 Å². The van der Waals surface area contributed by atoms with Crippen molar-refractivity contribution in [2.45, 2.75) is 6.92 Å². The van der Waals surface area contributed by atoms with E-state index in [9.17, 15) is 0 Å². The van der Waals surface area contributed by atoms with Crippen LogP contribution in [0.2, 0.25) is 0 Å². The zero-order valence-electron chi connectivity index (χ0n) is 9.37. The van der Waals surface area contributed by atoms with Crippen LogP contribution in [0.1, 0.15) is 5.56 Å². The summed E-state index contributed by atoms with van der Waals surface area (Å²) in [5.41, 5.74) is 13.9. The molecule has 0 aliphatic rings. The van der Waals surface area contributed by atoms with Gasteiger partial charge in [-0.1, -0.05) is 22.0 Å². The zero-order chi connectivity index (χ0) is 12.4. The third kappa shape index (κ3) is 2.50. The van der Waals surface area contributed by atoms with Crippen molar-refractivity contribution in [3.8, 4) is 0 Å². The molecule has 0 aliphatic heterocycles. The monoisotopic (exact) mass is 292 g/mol. The second-order valence-electron chi connectivity index (χ2n) is 3.71. The highest BCUT2D eigenvalue weighted by Crippen LogP contribution is 2.26. The highest BCUT2D eigenvalue weighted by molar-refractivity contribution is 9.10. The summed E-state index contributed by atoms with van der Waals surface area (Å²) in [6, 6.07) is 9.46. The molecule has 1 heterocycles. The predicted molar refractivity (Wildman–Crippen MR) is 75.2 cm³/mol. The molecule has 0 fully saturated rings. The van der Waals surface area contributed by atoms with Crippen molar-refractivity contribution in [2.75, 3.05) is 16.8 Å². The van der Waals surface area contributed by atoms with Gasteiger partial charge in [0, 0.05) is 10.2 Å². The van der Waals surface area contributed by atoms with Gasteiger partial charge in [-0.3, -0.25) is 0 Å². The molecule has 1 aromatic carbocycles. The second-order valence-corrected chi connectivity index (χ2v) is 4.56. The zero-order valence-corrected chi connectivity index (χ0v) is 11.0. The van der Waals surface area contributed by atoms with Crippen LogP contribution in [0.5, 0.6) is 0 Å². The molecule has 88 valence electrons. The van der Waals surface area contributed by atoms with Crippen LogP contribution in [-0.2, 0) is 0 Å². The molecular formula is C12H13BrN4. The summed E-state index contributed by atoms with van der Waals surface area (Å²) in [6.07, 6.45) is 0. The number of nitrogens with two attached hydrogens (primary N) is 2. The van der Waals surface area contributed by atoms with Gasteiger partial charge in [0.25, 0.3) is 0 Å². The molecule has 2 aromatic rings. The van der Waals surface area contributed by atoms with Gasteiger partial charge in [0.1, 0.15) is 11.6 Å². The number of nitrogens with zero attached hydrogens (tertiary/aromatic N) is 1. The average molecular weight is 293 g/mol. The molecule has 17 heavy (non-hydrogen) atoms. The second kappa shape index (κ2) is 4.63. The number of nitrogens with one attached hydrogen (secondary N) is 1. The highest BCUT2D eigenvalue weighted by Gasteiger charge is 2.04. The Bertz CT molecular complexity index is 554. The number of benzene rings is 1. The van der Waals surface area contributed by atoms with Crippen LogP contribution in [0.4, 0.5) is 23.0 Å². The molecule has 0 amide bonds. The van der Waals surface area contributed by atoms with Crippen molar-refractivity contribution in [3.05, 3.63) is 40.4 Å². The molecule has 0 spiro atoms. The van der Waals surface area contributed by atoms with Crippen molar-refractivity contribution >= 4 is 38.9 Å². The topological polar surface area (TPSA) is 77.0 Å². The first-order chi connectivity index (χ1) is 8.08. The summed E-state index contributed by atoms with van der Waals surface area (Å²) >= 11 is 3.48. The summed E-state index contributed by atoms with van der Waals surface area (Å²) in [4.78, 5) is 4.17. The fraction of sp³-hybridized carbons (Fsp3) is 0.0833. The van der Waals surface area contributed by atoms with Gasteiger partial charge in [0.2, 0.25) is 0 Å². The minimum absolute atomic E-state index is 0.336. The molecule has 0 aliphatic carbocycles. The van der Waals surface area contributed by atoms with Crippen LogP contribution in [0, 0.1) is 6.92 Å². The lowest BCUT2D eigenvalue weighted by Crippen LogP contribution is -2.01. The summed E-state index contributed by atoms with van der Waals surface area (Å²) < 4.78 is 1.05. The molecule has 0 radical (unpaired) electrons. The van der Waals surface area contributed by atoms with E-state index < -0.39 is 0 Å². The van der Waals surface area contributed by atoms with Crippen LogP contribution < -0.4 is 16.8 Å². The lowest BCUT2D eigenvalue weighted by molar-refractivity contribution is 1.30. The third-order valence-corrected chi connectivity index (χ3v) is 3.35. The maximum absolute atomic E-state index is 5.66. The van der Waals surface area contributed by atoms with Gasteiger partial charge < -0.3 is 16.8 Å². The first-order valence-electron chi connectivity index (χ1n) is 5.12. The Morgan fingerprint density at radius 2 is 1.94 bits per heavy atom. The quantitative estimate of drug-likeness (QED) is 0.795. The van der Waals surface area contributed by atoms with E-state index in [1.54, 1.807) is 12.1 Å². The largest absolute Gasteiger partial charge is 0.396 e. The normalized spacial score (nSPS) is 10.2. The maximum atomic E-state index is 5.66. The van der Waals surface area contributed by atoms with Gasteiger partial charge in [-0.2, -0.15) is 0 Å². The summed E-state index contributed by atoms with van der Waals surface area (Å²) in [5, 5.41) is 3.20. The molecule has 5 N–H and O–H groups in total. The fourth-order valence-corrected chi connectivity index (χ4v) is 1.80. The van der Waals surface area contributed by atoms with Crippen LogP contribution in [0.3, 0.4) is 0 Å². The minimum Gasteiger partial charge on any atom is -0.396 e. The van der Waals surface area contributed by atoms with E-state index in [-0.39, 0.29) is 0 Å². The van der Waals surface area contributed by atoms with Gasteiger partial charge in [-0.05, 0) is 36.8 Å². The number of anilines is 4.